The van der Waals surface area contributed by atoms with Gasteiger partial charge in [-0.15, -0.1) is 0 Å². The largest absolute Gasteiger partial charge is 0.392 e. The third kappa shape index (κ3) is 2.14. The molecule has 0 amide bonds. The smallest absolute Gasteiger partial charge is 0.201 e. The Morgan fingerprint density at radius 3 is 2.33 bits per heavy atom. The number of fused-ring (bicyclic) bond motifs is 6. The zero-order chi connectivity index (χ0) is 25.5. The maximum atomic E-state index is 11.5. The van der Waals surface area contributed by atoms with Crippen molar-refractivity contribution in [3.8, 4) is 0 Å². The van der Waals surface area contributed by atoms with E-state index in [2.05, 4.69) is 40.7 Å². The van der Waals surface area contributed by atoms with E-state index in [1.807, 2.05) is 6.92 Å². The Bertz CT molecular complexity index is 1090. The van der Waals surface area contributed by atoms with Crippen LogP contribution in [0, 0.1) is 44.8 Å². The lowest BCUT2D eigenvalue weighted by molar-refractivity contribution is -0.344. The third-order valence-corrected chi connectivity index (χ3v) is 14.1. The van der Waals surface area contributed by atoms with Crippen molar-refractivity contribution in [3.05, 3.63) is 11.6 Å². The molecular weight excluding hydrogens is 456 g/mol. The maximum Gasteiger partial charge on any atom is 0.201 e. The van der Waals surface area contributed by atoms with E-state index in [9.17, 15) is 15.3 Å². The van der Waals surface area contributed by atoms with Crippen LogP contribution in [0.4, 0.5) is 0 Å². The summed E-state index contributed by atoms with van der Waals surface area (Å²) in [7, 11) is 0. The van der Waals surface area contributed by atoms with Crippen molar-refractivity contribution in [1.82, 2.24) is 0 Å². The van der Waals surface area contributed by atoms with Gasteiger partial charge in [0.05, 0.1) is 18.3 Å². The van der Waals surface area contributed by atoms with Gasteiger partial charge in [-0.05, 0) is 73.0 Å². The number of hydrogen-bond acceptors (Lipinski definition) is 6. The van der Waals surface area contributed by atoms with Crippen molar-refractivity contribution in [2.75, 3.05) is 0 Å². The van der Waals surface area contributed by atoms with Gasteiger partial charge >= 0.3 is 0 Å². The predicted octanol–water partition coefficient (Wildman–Crippen LogP) is 3.91. The molecule has 6 nitrogen and oxygen atoms in total. The van der Waals surface area contributed by atoms with Gasteiger partial charge in [0.1, 0.15) is 11.7 Å². The van der Waals surface area contributed by atoms with Crippen LogP contribution in [0.15, 0.2) is 11.6 Å². The van der Waals surface area contributed by atoms with Gasteiger partial charge < -0.3 is 29.5 Å². The van der Waals surface area contributed by atoms with E-state index in [1.54, 1.807) is 5.57 Å². The van der Waals surface area contributed by atoms with Gasteiger partial charge in [-0.3, -0.25) is 0 Å². The molecule has 8 rings (SSSR count). The third-order valence-electron chi connectivity index (χ3n) is 14.1. The molecule has 3 aliphatic heterocycles. The summed E-state index contributed by atoms with van der Waals surface area (Å²) in [5.74, 6) is 0.322. The van der Waals surface area contributed by atoms with Crippen LogP contribution in [0.25, 0.3) is 0 Å². The van der Waals surface area contributed by atoms with Gasteiger partial charge in [0.15, 0.2) is 6.29 Å². The Hall–Kier alpha value is -0.500. The Labute approximate surface area is 214 Å². The van der Waals surface area contributed by atoms with E-state index in [4.69, 9.17) is 14.2 Å². The topological polar surface area (TPSA) is 91.7 Å². The summed E-state index contributed by atoms with van der Waals surface area (Å²) < 4.78 is 19.0. The monoisotopic (exact) mass is 500 g/mol. The van der Waals surface area contributed by atoms with Crippen molar-refractivity contribution < 1.29 is 29.5 Å². The van der Waals surface area contributed by atoms with Gasteiger partial charge in [-0.1, -0.05) is 46.3 Å². The molecule has 0 aromatic heterocycles. The molecule has 0 radical (unpaired) electrons. The molecule has 8 aliphatic rings. The van der Waals surface area contributed by atoms with Crippen molar-refractivity contribution in [1.29, 1.82) is 0 Å². The lowest BCUT2D eigenvalue weighted by atomic mass is 9.44. The minimum absolute atomic E-state index is 0.000297. The van der Waals surface area contributed by atoms with Crippen molar-refractivity contribution in [3.63, 3.8) is 0 Å². The lowest BCUT2D eigenvalue weighted by Gasteiger charge is -2.60. The SMILES string of the molecule is C[C@@H]1CC2(OC(O)C3(C)OC23)O[C@H]2C[C@@]3(C)C4=CC[C@H]5C(C)(C)[C@@H](O)C[C@H](O)[C@@]56C[C@@]46CC[C@]3(C)[C@@H]12. The number of ether oxygens (including phenoxy) is 3. The van der Waals surface area contributed by atoms with Gasteiger partial charge in [0.2, 0.25) is 5.79 Å². The molecule has 5 aliphatic carbocycles. The molecule has 0 aromatic rings. The zero-order valence-electron chi connectivity index (χ0n) is 22.7. The second-order valence-corrected chi connectivity index (χ2v) is 15.6. The molecule has 3 N–H and O–H groups in total. The summed E-state index contributed by atoms with van der Waals surface area (Å²) in [6.45, 7) is 13.7. The van der Waals surface area contributed by atoms with Gasteiger partial charge in [-0.2, -0.15) is 0 Å². The molecule has 4 unspecified atom stereocenters. The molecular formula is C30H44O6. The first-order chi connectivity index (χ1) is 16.7. The number of hydrogen-bond donors (Lipinski definition) is 3. The Morgan fingerprint density at radius 1 is 0.917 bits per heavy atom. The van der Waals surface area contributed by atoms with E-state index in [1.165, 1.54) is 0 Å². The number of rotatable bonds is 0. The highest BCUT2D eigenvalue weighted by atomic mass is 16.8. The molecule has 7 fully saturated rings. The van der Waals surface area contributed by atoms with Crippen molar-refractivity contribution in [2.24, 2.45) is 44.8 Å². The fraction of sp³-hybridized carbons (Fsp3) is 0.933. The first-order valence-electron chi connectivity index (χ1n) is 14.5. The van der Waals surface area contributed by atoms with Crippen LogP contribution in [0.5, 0.6) is 0 Å². The number of epoxide rings is 1. The fourth-order valence-corrected chi connectivity index (χ4v) is 12.1. The van der Waals surface area contributed by atoms with Crippen molar-refractivity contribution >= 4 is 0 Å². The highest BCUT2D eigenvalue weighted by Gasteiger charge is 2.85. The Balaban J connectivity index is 1.19. The standard InChI is InChI=1S/C30H44O6/c1-15-12-30(22-27(6,35-22)23(33)36-30)34-16-13-26(5)18-8-7-17-24(2,3)19(31)11-20(32)29(17)14-28(18,29)10-9-25(26,4)21(15)16/h8,15-17,19-23,31-33H,7,9-14H2,1-6H3/t15-,16+,17+,19+,20+,21+,22?,23?,25-,26+,27?,28+,29-,30?/m1/s1. The zero-order valence-corrected chi connectivity index (χ0v) is 22.7. The maximum absolute atomic E-state index is 11.5. The highest BCUT2D eigenvalue weighted by molar-refractivity contribution is 5.47. The first-order valence-corrected chi connectivity index (χ1v) is 14.5. The quantitative estimate of drug-likeness (QED) is 0.345. The van der Waals surface area contributed by atoms with Crippen LogP contribution in [-0.4, -0.2) is 57.4 Å². The molecule has 36 heavy (non-hydrogen) atoms. The summed E-state index contributed by atoms with van der Waals surface area (Å²) in [6.07, 6.45) is 7.14. The van der Waals surface area contributed by atoms with E-state index in [0.29, 0.717) is 24.2 Å². The average Bonchev–Trinajstić information content (AvgIpc) is 3.63. The average molecular weight is 501 g/mol. The van der Waals surface area contributed by atoms with Crippen LogP contribution in [0.1, 0.15) is 86.5 Å². The summed E-state index contributed by atoms with van der Waals surface area (Å²) in [5, 5.41) is 33.0. The molecule has 14 atom stereocenters. The molecule has 200 valence electrons. The number of allylic oxidation sites excluding steroid dienone is 2. The molecule has 3 saturated heterocycles. The van der Waals surface area contributed by atoms with E-state index in [0.717, 1.165) is 38.5 Å². The molecule has 0 aromatic carbocycles. The van der Waals surface area contributed by atoms with Crippen LogP contribution >= 0.6 is 0 Å². The van der Waals surface area contributed by atoms with E-state index >= 15 is 0 Å². The number of aliphatic hydroxyl groups is 3. The molecule has 3 heterocycles. The fourth-order valence-electron chi connectivity index (χ4n) is 12.1. The van der Waals surface area contributed by atoms with Gasteiger partial charge in [-0.25, -0.2) is 0 Å². The number of aliphatic hydroxyl groups excluding tert-OH is 3. The molecule has 6 heteroatoms. The first kappa shape index (κ1) is 23.4. The van der Waals surface area contributed by atoms with Gasteiger partial charge in [0.25, 0.3) is 0 Å². The second-order valence-electron chi connectivity index (χ2n) is 15.6. The summed E-state index contributed by atoms with van der Waals surface area (Å²) >= 11 is 0. The summed E-state index contributed by atoms with van der Waals surface area (Å²) in [6, 6.07) is 0. The van der Waals surface area contributed by atoms with Crippen LogP contribution in [0.3, 0.4) is 0 Å². The van der Waals surface area contributed by atoms with Crippen molar-refractivity contribution in [2.45, 2.75) is 129 Å². The predicted molar refractivity (Wildman–Crippen MR) is 131 cm³/mol. The highest BCUT2D eigenvalue weighted by Crippen LogP contribution is 2.88. The second kappa shape index (κ2) is 6.13. The van der Waals surface area contributed by atoms with E-state index in [-0.39, 0.29) is 39.3 Å². The van der Waals surface area contributed by atoms with Gasteiger partial charge in [0, 0.05) is 23.7 Å². The summed E-state index contributed by atoms with van der Waals surface area (Å²) in [5.41, 5.74) is 0.863. The summed E-state index contributed by atoms with van der Waals surface area (Å²) in [4.78, 5) is 0. The Kier molecular flexibility index (Phi) is 3.98. The Morgan fingerprint density at radius 2 is 1.67 bits per heavy atom. The van der Waals surface area contributed by atoms with Crippen LogP contribution < -0.4 is 0 Å². The lowest BCUT2D eigenvalue weighted by Crippen LogP contribution is -2.58. The minimum Gasteiger partial charge on any atom is -0.392 e. The molecule has 4 saturated carbocycles. The molecule has 3 spiro atoms. The normalized spacial score (nSPS) is 67.5. The van der Waals surface area contributed by atoms with E-state index < -0.39 is 29.9 Å². The molecule has 0 bridgehead atoms. The minimum atomic E-state index is -0.930. The van der Waals surface area contributed by atoms with Crippen LogP contribution in [-0.2, 0) is 14.2 Å². The van der Waals surface area contributed by atoms with Crippen LogP contribution in [0.2, 0.25) is 0 Å².